The summed E-state index contributed by atoms with van der Waals surface area (Å²) in [4.78, 5) is 33.4. The minimum absolute atomic E-state index is 0.0528. The summed E-state index contributed by atoms with van der Waals surface area (Å²) in [7, 11) is 0. The molecule has 0 radical (unpaired) electrons. The van der Waals surface area contributed by atoms with Crippen LogP contribution in [0.15, 0.2) is 0 Å². The lowest BCUT2D eigenvalue weighted by atomic mass is 9.80. The van der Waals surface area contributed by atoms with Crippen LogP contribution in [0.2, 0.25) is 0 Å². The topological polar surface area (TPSA) is 95.5 Å². The number of carbonyl (C=O) groups is 3. The van der Waals surface area contributed by atoms with Gasteiger partial charge in [0.25, 0.3) is 0 Å². The van der Waals surface area contributed by atoms with Crippen LogP contribution >= 0.6 is 0 Å². The summed E-state index contributed by atoms with van der Waals surface area (Å²) < 4.78 is 0. The number of amides is 3. The van der Waals surface area contributed by atoms with Crippen LogP contribution in [0, 0.1) is 11.8 Å². The quantitative estimate of drug-likeness (QED) is 0.718. The van der Waals surface area contributed by atoms with Gasteiger partial charge in [0.05, 0.1) is 0 Å². The number of urea groups is 1. The summed E-state index contributed by atoms with van der Waals surface area (Å²) in [5, 5.41) is 13.5. The minimum atomic E-state index is -0.938. The molecule has 0 spiro atoms. The Bertz CT molecular complexity index is 360. The molecule has 6 nitrogen and oxygen atoms in total. The highest BCUT2D eigenvalue weighted by molar-refractivity contribution is 5.94. The van der Waals surface area contributed by atoms with E-state index in [9.17, 15) is 14.4 Å². The van der Waals surface area contributed by atoms with Crippen LogP contribution in [-0.2, 0) is 9.59 Å². The number of hydrogen-bond acceptors (Lipinski definition) is 3. The molecule has 20 heavy (non-hydrogen) atoms. The van der Waals surface area contributed by atoms with Crippen molar-refractivity contribution in [2.24, 2.45) is 11.8 Å². The Morgan fingerprint density at radius 2 is 1.65 bits per heavy atom. The fourth-order valence-electron chi connectivity index (χ4n) is 2.88. The number of carboxylic acids is 1. The van der Waals surface area contributed by atoms with Crippen molar-refractivity contribution in [2.45, 2.75) is 58.4 Å². The highest BCUT2D eigenvalue weighted by Crippen LogP contribution is 2.28. The summed E-state index contributed by atoms with van der Waals surface area (Å²) in [6.45, 7) is 4.33. The van der Waals surface area contributed by atoms with Gasteiger partial charge in [-0.1, -0.05) is 13.8 Å². The lowest BCUT2D eigenvalue weighted by Gasteiger charge is -2.31. The zero-order valence-corrected chi connectivity index (χ0v) is 12.1. The predicted molar refractivity (Wildman–Crippen MR) is 74.1 cm³/mol. The summed E-state index contributed by atoms with van der Waals surface area (Å²) in [6, 6.07) is -0.364. The summed E-state index contributed by atoms with van der Waals surface area (Å²) in [5.41, 5.74) is 0. The Morgan fingerprint density at radius 3 is 2.20 bits per heavy atom. The lowest BCUT2D eigenvalue weighted by Crippen LogP contribution is -2.46. The largest absolute Gasteiger partial charge is 0.481 e. The number of hydrogen-bond donors (Lipinski definition) is 3. The van der Waals surface area contributed by atoms with Gasteiger partial charge in [-0.2, -0.15) is 0 Å². The first-order valence-electron chi connectivity index (χ1n) is 7.19. The van der Waals surface area contributed by atoms with Crippen molar-refractivity contribution in [1.29, 1.82) is 0 Å². The molecule has 0 saturated heterocycles. The number of carbonyl (C=O) groups excluding carboxylic acids is 2. The second-order valence-corrected chi connectivity index (χ2v) is 5.88. The second-order valence-electron chi connectivity index (χ2n) is 5.88. The highest BCUT2D eigenvalue weighted by atomic mass is 16.4. The molecule has 2 atom stereocenters. The van der Waals surface area contributed by atoms with Crippen LogP contribution in [0.3, 0.4) is 0 Å². The second kappa shape index (κ2) is 7.87. The van der Waals surface area contributed by atoms with E-state index in [4.69, 9.17) is 5.11 Å². The summed E-state index contributed by atoms with van der Waals surface area (Å²) in [6.07, 6.45) is 3.28. The van der Waals surface area contributed by atoms with E-state index in [0.29, 0.717) is 11.8 Å². The molecular weight excluding hydrogens is 260 g/mol. The highest BCUT2D eigenvalue weighted by Gasteiger charge is 2.25. The van der Waals surface area contributed by atoms with E-state index < -0.39 is 17.9 Å². The maximum Gasteiger partial charge on any atom is 0.321 e. The first-order valence-corrected chi connectivity index (χ1v) is 7.19. The Hall–Kier alpha value is -1.59. The van der Waals surface area contributed by atoms with Crippen LogP contribution < -0.4 is 10.6 Å². The van der Waals surface area contributed by atoms with E-state index in [2.05, 4.69) is 24.5 Å². The molecule has 6 heteroatoms. The molecule has 1 aliphatic rings. The third-order valence-corrected chi connectivity index (χ3v) is 3.56. The molecule has 1 fully saturated rings. The molecular formula is C14H24N2O4. The molecule has 0 aromatic heterocycles. The molecule has 114 valence electrons. The molecule has 1 rings (SSSR count). The van der Waals surface area contributed by atoms with Crippen LogP contribution in [0.5, 0.6) is 0 Å². The molecule has 3 amide bonds. The van der Waals surface area contributed by atoms with Crippen LogP contribution in [0.25, 0.3) is 0 Å². The Labute approximate surface area is 119 Å². The molecule has 0 aromatic rings. The molecule has 1 aliphatic carbocycles. The molecule has 0 aromatic carbocycles. The number of imide groups is 1. The van der Waals surface area contributed by atoms with Gasteiger partial charge in [-0.05, 0) is 37.5 Å². The standard InChI is InChI=1S/C14H24N2O4/c1-9-6-10(2)8-11(7-9)15-14(20)16-12(17)4-3-5-13(18)19/h9-11H,3-8H2,1-2H3,(H,18,19)(H2,15,16,17,20). The van der Waals surface area contributed by atoms with Crippen molar-refractivity contribution in [1.82, 2.24) is 10.6 Å². The third-order valence-electron chi connectivity index (χ3n) is 3.56. The van der Waals surface area contributed by atoms with Crippen molar-refractivity contribution in [2.75, 3.05) is 0 Å². The van der Waals surface area contributed by atoms with Crippen LogP contribution in [-0.4, -0.2) is 29.1 Å². The summed E-state index contributed by atoms with van der Waals surface area (Å²) >= 11 is 0. The number of carboxylic acid groups (broad SMARTS) is 1. The van der Waals surface area contributed by atoms with Gasteiger partial charge in [-0.15, -0.1) is 0 Å². The van der Waals surface area contributed by atoms with E-state index in [1.807, 2.05) is 0 Å². The Kier molecular flexibility index (Phi) is 6.48. The average molecular weight is 284 g/mol. The average Bonchev–Trinajstić information content (AvgIpc) is 2.25. The van der Waals surface area contributed by atoms with Crippen molar-refractivity contribution in [3.63, 3.8) is 0 Å². The molecule has 2 unspecified atom stereocenters. The number of aliphatic carboxylic acids is 1. The maximum atomic E-state index is 11.7. The first kappa shape index (κ1) is 16.5. The van der Waals surface area contributed by atoms with Gasteiger partial charge in [0.2, 0.25) is 5.91 Å². The van der Waals surface area contributed by atoms with Gasteiger partial charge in [0.15, 0.2) is 0 Å². The minimum Gasteiger partial charge on any atom is -0.481 e. The van der Waals surface area contributed by atoms with Gasteiger partial charge in [-0.3, -0.25) is 14.9 Å². The van der Waals surface area contributed by atoms with E-state index in [1.165, 1.54) is 6.42 Å². The zero-order chi connectivity index (χ0) is 15.1. The number of nitrogens with one attached hydrogen (secondary N) is 2. The Morgan fingerprint density at radius 1 is 1.05 bits per heavy atom. The maximum absolute atomic E-state index is 11.7. The van der Waals surface area contributed by atoms with Crippen molar-refractivity contribution in [3.05, 3.63) is 0 Å². The van der Waals surface area contributed by atoms with Crippen molar-refractivity contribution in [3.8, 4) is 0 Å². The molecule has 1 saturated carbocycles. The van der Waals surface area contributed by atoms with Gasteiger partial charge in [-0.25, -0.2) is 4.79 Å². The van der Waals surface area contributed by atoms with Crippen molar-refractivity contribution >= 4 is 17.9 Å². The lowest BCUT2D eigenvalue weighted by molar-refractivity contribution is -0.137. The normalized spacial score (nSPS) is 25.8. The molecule has 0 bridgehead atoms. The third kappa shape index (κ3) is 6.54. The smallest absolute Gasteiger partial charge is 0.321 e. The van der Waals surface area contributed by atoms with Crippen molar-refractivity contribution < 1.29 is 19.5 Å². The molecule has 0 aliphatic heterocycles. The van der Waals surface area contributed by atoms with Gasteiger partial charge in [0.1, 0.15) is 0 Å². The van der Waals surface area contributed by atoms with E-state index >= 15 is 0 Å². The van der Waals surface area contributed by atoms with E-state index in [1.54, 1.807) is 0 Å². The SMILES string of the molecule is CC1CC(C)CC(NC(=O)NC(=O)CCCC(=O)O)C1. The predicted octanol–water partition coefficient (Wildman–Crippen LogP) is 1.89. The number of rotatable bonds is 5. The van der Waals surface area contributed by atoms with E-state index in [0.717, 1.165) is 12.8 Å². The van der Waals surface area contributed by atoms with Gasteiger partial charge in [0, 0.05) is 18.9 Å². The van der Waals surface area contributed by atoms with Crippen LogP contribution in [0.4, 0.5) is 4.79 Å². The van der Waals surface area contributed by atoms with Crippen LogP contribution in [0.1, 0.15) is 52.4 Å². The monoisotopic (exact) mass is 284 g/mol. The van der Waals surface area contributed by atoms with Gasteiger partial charge < -0.3 is 10.4 Å². The van der Waals surface area contributed by atoms with Gasteiger partial charge >= 0.3 is 12.0 Å². The fraction of sp³-hybridized carbons (Fsp3) is 0.786. The zero-order valence-electron chi connectivity index (χ0n) is 12.1. The Balaban J connectivity index is 2.25. The fourth-order valence-corrected chi connectivity index (χ4v) is 2.88. The van der Waals surface area contributed by atoms with E-state index in [-0.39, 0.29) is 25.3 Å². The molecule has 3 N–H and O–H groups in total. The molecule has 0 heterocycles. The first-order chi connectivity index (χ1) is 9.36. The summed E-state index contributed by atoms with van der Waals surface area (Å²) in [5.74, 6) is -0.210.